The average molecular weight is 329 g/mol. The second-order valence-electron chi connectivity index (χ2n) is 5.95. The maximum absolute atomic E-state index is 13.9. The van der Waals surface area contributed by atoms with Crippen LogP contribution >= 0.6 is 9.24 Å². The van der Waals surface area contributed by atoms with Gasteiger partial charge >= 0.3 is 0 Å². The highest BCUT2D eigenvalue weighted by Gasteiger charge is 2.30. The lowest BCUT2D eigenvalue weighted by atomic mass is 9.92. The molecule has 5 heteroatoms. The summed E-state index contributed by atoms with van der Waals surface area (Å²) < 4.78 is 27.8. The molecule has 1 atom stereocenters. The maximum atomic E-state index is 13.9. The van der Waals surface area contributed by atoms with Gasteiger partial charge in [0.2, 0.25) is 0 Å². The van der Waals surface area contributed by atoms with Gasteiger partial charge in [-0.15, -0.1) is 0 Å². The van der Waals surface area contributed by atoms with E-state index in [1.54, 1.807) is 29.2 Å². The van der Waals surface area contributed by atoms with Gasteiger partial charge in [-0.1, -0.05) is 36.9 Å². The number of nitrogens with one attached hydrogen (secondary N) is 1. The number of rotatable bonds is 8. The Balaban J connectivity index is 3.27. The van der Waals surface area contributed by atoms with Gasteiger partial charge in [0.1, 0.15) is 0 Å². The molecule has 0 radical (unpaired) electrons. The van der Waals surface area contributed by atoms with Crippen molar-refractivity contribution in [2.24, 2.45) is 5.92 Å². The van der Waals surface area contributed by atoms with E-state index in [1.165, 1.54) is 6.07 Å². The number of carbonyl (C=O) groups excluding carboxylic acids is 1. The van der Waals surface area contributed by atoms with Crippen molar-refractivity contribution in [1.29, 1.82) is 0 Å². The molecule has 1 rings (SSSR count). The first-order chi connectivity index (χ1) is 10.2. The summed E-state index contributed by atoms with van der Waals surface area (Å²) in [6.45, 7) is 9.02. The van der Waals surface area contributed by atoms with Crippen molar-refractivity contribution in [2.45, 2.75) is 52.7 Å². The molecular formula is C17H26F2NOP. The lowest BCUT2D eigenvalue weighted by molar-refractivity contribution is 0.0978. The highest BCUT2D eigenvalue weighted by Crippen LogP contribution is 2.39. The van der Waals surface area contributed by atoms with Crippen LogP contribution in [0.1, 0.15) is 61.2 Å². The molecule has 1 aromatic carbocycles. The molecule has 0 saturated carbocycles. The number of hydrogen-bond acceptors (Lipinski definition) is 2. The SMILES string of the molecule is CCC(=O)c1cc(CNCC(C)C)cc(C(F)(F)P)c1CC. The summed E-state index contributed by atoms with van der Waals surface area (Å²) in [7, 11) is 1.58. The molecule has 0 saturated heterocycles. The summed E-state index contributed by atoms with van der Waals surface area (Å²) in [6.07, 6.45) is 0.734. The van der Waals surface area contributed by atoms with Gasteiger partial charge in [-0.05, 0) is 42.1 Å². The van der Waals surface area contributed by atoms with Gasteiger partial charge in [0, 0.05) is 24.1 Å². The first kappa shape index (κ1) is 19.2. The van der Waals surface area contributed by atoms with Crippen LogP contribution in [0.5, 0.6) is 0 Å². The van der Waals surface area contributed by atoms with Gasteiger partial charge in [0.05, 0.1) is 0 Å². The van der Waals surface area contributed by atoms with Gasteiger partial charge in [-0.3, -0.25) is 4.79 Å². The molecule has 22 heavy (non-hydrogen) atoms. The Hall–Kier alpha value is -0.860. The molecule has 0 spiro atoms. The molecule has 0 amide bonds. The van der Waals surface area contributed by atoms with Crippen molar-refractivity contribution < 1.29 is 13.6 Å². The van der Waals surface area contributed by atoms with Crippen molar-refractivity contribution >= 4 is 15.0 Å². The Kier molecular flexibility index (Phi) is 7.08. The van der Waals surface area contributed by atoms with Crippen molar-refractivity contribution in [3.63, 3.8) is 0 Å². The Morgan fingerprint density at radius 1 is 1.32 bits per heavy atom. The summed E-state index contributed by atoms with van der Waals surface area (Å²) in [4.78, 5) is 12.1. The van der Waals surface area contributed by atoms with E-state index in [9.17, 15) is 13.6 Å². The van der Waals surface area contributed by atoms with Crippen molar-refractivity contribution in [3.05, 3.63) is 34.4 Å². The van der Waals surface area contributed by atoms with Crippen LogP contribution in [0.4, 0.5) is 8.78 Å². The van der Waals surface area contributed by atoms with Crippen molar-refractivity contribution in [3.8, 4) is 0 Å². The quantitative estimate of drug-likeness (QED) is 0.561. The third-order valence-corrected chi connectivity index (χ3v) is 3.84. The highest BCUT2D eigenvalue weighted by atomic mass is 31.0. The average Bonchev–Trinajstić information content (AvgIpc) is 2.44. The van der Waals surface area contributed by atoms with Crippen molar-refractivity contribution in [1.82, 2.24) is 5.32 Å². The van der Waals surface area contributed by atoms with Crippen LogP contribution in [0, 0.1) is 5.92 Å². The van der Waals surface area contributed by atoms with Gasteiger partial charge in [0.25, 0.3) is 5.66 Å². The van der Waals surface area contributed by atoms with Crippen LogP contribution in [-0.4, -0.2) is 12.3 Å². The molecule has 124 valence electrons. The third-order valence-electron chi connectivity index (χ3n) is 3.53. The fourth-order valence-corrected chi connectivity index (χ4v) is 2.71. The summed E-state index contributed by atoms with van der Waals surface area (Å²) in [5, 5.41) is 3.24. The Bertz CT molecular complexity index is 524. The van der Waals surface area contributed by atoms with Crippen molar-refractivity contribution in [2.75, 3.05) is 6.54 Å². The lowest BCUT2D eigenvalue weighted by Gasteiger charge is -2.20. The molecule has 0 fully saturated rings. The zero-order valence-corrected chi connectivity index (χ0v) is 15.0. The summed E-state index contributed by atoms with van der Waals surface area (Å²) in [6, 6.07) is 3.28. The van der Waals surface area contributed by atoms with Crippen LogP contribution < -0.4 is 5.32 Å². The minimum absolute atomic E-state index is 0.0550. The van der Waals surface area contributed by atoms with E-state index >= 15 is 0 Å². The molecule has 0 aliphatic heterocycles. The number of alkyl halides is 2. The largest absolute Gasteiger partial charge is 0.312 e. The lowest BCUT2D eigenvalue weighted by Crippen LogP contribution is -2.20. The number of ketones is 1. The zero-order chi connectivity index (χ0) is 16.9. The summed E-state index contributed by atoms with van der Waals surface area (Å²) >= 11 is 0. The second kappa shape index (κ2) is 8.12. The van der Waals surface area contributed by atoms with E-state index in [0.717, 1.165) is 12.1 Å². The minimum atomic E-state index is -3.03. The Labute approximate surface area is 134 Å². The van der Waals surface area contributed by atoms with E-state index in [1.807, 2.05) is 0 Å². The van der Waals surface area contributed by atoms with Crippen LogP contribution in [0.3, 0.4) is 0 Å². The molecule has 1 N–H and O–H groups in total. The van der Waals surface area contributed by atoms with Gasteiger partial charge in [-0.25, -0.2) is 0 Å². The first-order valence-electron chi connectivity index (χ1n) is 7.77. The first-order valence-corrected chi connectivity index (χ1v) is 8.35. The predicted octanol–water partition coefficient (Wildman–Crippen LogP) is 4.51. The fourth-order valence-electron chi connectivity index (χ4n) is 2.46. The molecule has 0 heterocycles. The normalized spacial score (nSPS) is 12.0. The Morgan fingerprint density at radius 3 is 2.41 bits per heavy atom. The fraction of sp³-hybridized carbons (Fsp3) is 0.588. The molecular weight excluding hydrogens is 303 g/mol. The molecule has 0 aliphatic rings. The molecule has 0 aromatic heterocycles. The van der Waals surface area contributed by atoms with E-state index < -0.39 is 5.66 Å². The summed E-state index contributed by atoms with van der Waals surface area (Å²) in [5.41, 5.74) is -1.46. The topological polar surface area (TPSA) is 29.1 Å². The third kappa shape index (κ3) is 5.10. The monoisotopic (exact) mass is 329 g/mol. The van der Waals surface area contributed by atoms with E-state index in [2.05, 4.69) is 19.2 Å². The standard InChI is InChI=1S/C17H26F2NOP/c1-5-13-14(16(21)6-2)7-12(10-20-9-11(3)4)8-15(13)17(18,19)22/h7-8,11,20H,5-6,9-10,22H2,1-4H3. The van der Waals surface area contributed by atoms with Gasteiger partial charge in [0.15, 0.2) is 5.78 Å². The predicted molar refractivity (Wildman–Crippen MR) is 90.6 cm³/mol. The van der Waals surface area contributed by atoms with Crippen LogP contribution in [0.2, 0.25) is 0 Å². The van der Waals surface area contributed by atoms with Gasteiger partial charge < -0.3 is 5.32 Å². The molecule has 2 nitrogen and oxygen atoms in total. The maximum Gasteiger partial charge on any atom is 0.284 e. The number of benzene rings is 1. The van der Waals surface area contributed by atoms with E-state index in [4.69, 9.17) is 0 Å². The number of carbonyl (C=O) groups is 1. The number of Topliss-reactive ketones (excluding diaryl/α,β-unsaturated/α-hetero) is 1. The number of hydrogen-bond donors (Lipinski definition) is 1. The van der Waals surface area contributed by atoms with Gasteiger partial charge in [-0.2, -0.15) is 8.78 Å². The Morgan fingerprint density at radius 2 is 1.95 bits per heavy atom. The minimum Gasteiger partial charge on any atom is -0.312 e. The second-order valence-corrected chi connectivity index (χ2v) is 6.67. The van der Waals surface area contributed by atoms with E-state index in [-0.39, 0.29) is 11.3 Å². The number of halogens is 2. The summed E-state index contributed by atoms with van der Waals surface area (Å²) in [5.74, 6) is 0.396. The molecule has 0 aliphatic carbocycles. The van der Waals surface area contributed by atoms with Crippen LogP contribution in [0.15, 0.2) is 12.1 Å². The molecule has 0 bridgehead atoms. The smallest absolute Gasteiger partial charge is 0.284 e. The zero-order valence-electron chi connectivity index (χ0n) is 13.8. The highest BCUT2D eigenvalue weighted by molar-refractivity contribution is 7.17. The molecule has 1 aromatic rings. The van der Waals surface area contributed by atoms with E-state index in [0.29, 0.717) is 36.4 Å². The molecule has 1 unspecified atom stereocenters. The van der Waals surface area contributed by atoms with Crippen LogP contribution in [-0.2, 0) is 18.6 Å². The van der Waals surface area contributed by atoms with Crippen LogP contribution in [0.25, 0.3) is 0 Å².